The number of hydrogen-bond acceptors (Lipinski definition) is 7. The maximum atomic E-state index is 12.1. The van der Waals surface area contributed by atoms with Gasteiger partial charge >= 0.3 is 13.8 Å². The molecule has 0 aliphatic rings. The number of aliphatic hydroxyl groups excluding tert-OH is 1. The number of hydrogen-bond donors (Lipinski definition) is 3. The van der Waals surface area contributed by atoms with Crippen LogP contribution in [0.3, 0.4) is 0 Å². The zero-order valence-electron chi connectivity index (χ0n) is 36.4. The molecule has 2 unspecified atom stereocenters. The molecule has 332 valence electrons. The Morgan fingerprint density at radius 1 is 0.525 bits per heavy atom. The van der Waals surface area contributed by atoms with Gasteiger partial charge in [-0.25, -0.2) is 4.57 Å². The number of nitrogens with one attached hydrogen (secondary N) is 1. The Morgan fingerprint density at radius 2 is 0.915 bits per heavy atom. The average molecular weight is 840 g/mol. The Morgan fingerprint density at radius 3 is 1.37 bits per heavy atom. The highest BCUT2D eigenvalue weighted by Gasteiger charge is 2.23. The molecule has 0 aromatic heterocycles. The summed E-state index contributed by atoms with van der Waals surface area (Å²) in [5, 5.41) is 12.7. The first-order valence-electron chi connectivity index (χ1n) is 22.0. The molecule has 0 aliphatic heterocycles. The summed E-state index contributed by atoms with van der Waals surface area (Å²) >= 11 is 0. The van der Waals surface area contributed by atoms with E-state index >= 15 is 0 Å². The predicted octanol–water partition coefficient (Wildman–Crippen LogP) is 12.5. The fourth-order valence-electron chi connectivity index (χ4n) is 5.14. The number of phosphoric acid groups is 1. The van der Waals surface area contributed by atoms with Crippen LogP contribution >= 0.6 is 7.82 Å². The molecular weight excluding hydrogens is 762 g/mol. The van der Waals surface area contributed by atoms with Gasteiger partial charge in [-0.3, -0.25) is 18.6 Å². The summed E-state index contributed by atoms with van der Waals surface area (Å²) in [4.78, 5) is 33.9. The summed E-state index contributed by atoms with van der Waals surface area (Å²) in [7, 11) is -4.44. The number of rotatable bonds is 39. The molecule has 0 aromatic carbocycles. The fourth-order valence-corrected chi connectivity index (χ4v) is 5.89. The molecule has 1 amide bonds. The summed E-state index contributed by atoms with van der Waals surface area (Å²) in [5.74, 6) is -0.597. The number of unbranched alkanes of at least 4 members (excludes halogenated alkanes) is 6. The number of esters is 1. The van der Waals surface area contributed by atoms with Gasteiger partial charge in [-0.1, -0.05) is 148 Å². The van der Waals surface area contributed by atoms with E-state index in [-0.39, 0.29) is 32.1 Å². The van der Waals surface area contributed by atoms with Gasteiger partial charge in [-0.2, -0.15) is 0 Å². The third kappa shape index (κ3) is 45.3. The average Bonchev–Trinajstić information content (AvgIpc) is 3.22. The second-order valence-electron chi connectivity index (χ2n) is 13.9. The van der Waals surface area contributed by atoms with E-state index in [4.69, 9.17) is 13.8 Å². The molecule has 0 rings (SSSR count). The summed E-state index contributed by atoms with van der Waals surface area (Å²) in [5.41, 5.74) is 0. The van der Waals surface area contributed by atoms with Crippen molar-refractivity contribution in [2.45, 2.75) is 148 Å². The molecule has 59 heavy (non-hydrogen) atoms. The summed E-state index contributed by atoms with van der Waals surface area (Å²) < 4.78 is 26.8. The first kappa shape index (κ1) is 55.4. The lowest BCUT2D eigenvalue weighted by Crippen LogP contribution is -2.27. The van der Waals surface area contributed by atoms with Crippen LogP contribution in [0.5, 0.6) is 0 Å². The smallest absolute Gasteiger partial charge is 0.463 e. The number of ether oxygens (including phenoxy) is 1. The van der Waals surface area contributed by atoms with Gasteiger partial charge in [0.25, 0.3) is 0 Å². The minimum absolute atomic E-state index is 0.0534. The monoisotopic (exact) mass is 840 g/mol. The van der Waals surface area contributed by atoms with Crippen molar-refractivity contribution in [1.29, 1.82) is 0 Å². The van der Waals surface area contributed by atoms with Crippen LogP contribution in [0.15, 0.2) is 122 Å². The molecule has 0 aromatic rings. The lowest BCUT2D eigenvalue weighted by molar-refractivity contribution is -0.147. The van der Waals surface area contributed by atoms with Crippen molar-refractivity contribution in [3.05, 3.63) is 122 Å². The van der Waals surface area contributed by atoms with Crippen molar-refractivity contribution in [1.82, 2.24) is 5.32 Å². The van der Waals surface area contributed by atoms with E-state index in [0.717, 1.165) is 109 Å². The number of aliphatic hydroxyl groups is 1. The van der Waals surface area contributed by atoms with Crippen LogP contribution in [0.1, 0.15) is 142 Å². The number of carbonyl (C=O) groups excluding carboxylic acids is 2. The molecule has 2 atom stereocenters. The summed E-state index contributed by atoms with van der Waals surface area (Å²) in [6.45, 7) is 3.21. The molecule has 9 nitrogen and oxygen atoms in total. The van der Waals surface area contributed by atoms with Crippen molar-refractivity contribution in [2.75, 3.05) is 26.4 Å². The maximum absolute atomic E-state index is 12.1. The van der Waals surface area contributed by atoms with Crippen molar-refractivity contribution >= 4 is 19.7 Å². The fraction of sp³-hybridized carbons (Fsp3) is 0.551. The van der Waals surface area contributed by atoms with Crippen LogP contribution in [0, 0.1) is 0 Å². The third-order valence-electron chi connectivity index (χ3n) is 8.39. The van der Waals surface area contributed by atoms with Gasteiger partial charge in [0.2, 0.25) is 5.91 Å². The predicted molar refractivity (Wildman–Crippen MR) is 247 cm³/mol. The number of amides is 1. The van der Waals surface area contributed by atoms with Gasteiger partial charge in [0, 0.05) is 19.4 Å². The maximum Gasteiger partial charge on any atom is 0.472 e. The van der Waals surface area contributed by atoms with Crippen LogP contribution in [0.25, 0.3) is 0 Å². The van der Waals surface area contributed by atoms with Gasteiger partial charge in [0.1, 0.15) is 12.7 Å². The Kier molecular flexibility index (Phi) is 41.3. The van der Waals surface area contributed by atoms with E-state index in [9.17, 15) is 24.2 Å². The normalized spacial score (nSPS) is 14.4. The molecule has 0 bridgehead atoms. The molecule has 3 N–H and O–H groups in total. The van der Waals surface area contributed by atoms with Crippen molar-refractivity contribution in [3.8, 4) is 0 Å². The van der Waals surface area contributed by atoms with E-state index in [0.29, 0.717) is 12.8 Å². The second kappa shape index (κ2) is 44.0. The topological polar surface area (TPSA) is 131 Å². The highest BCUT2D eigenvalue weighted by molar-refractivity contribution is 7.47. The minimum atomic E-state index is -4.44. The van der Waals surface area contributed by atoms with Crippen LogP contribution in [-0.2, 0) is 27.9 Å². The van der Waals surface area contributed by atoms with Gasteiger partial charge < -0.3 is 20.1 Å². The van der Waals surface area contributed by atoms with Crippen LogP contribution in [0.4, 0.5) is 0 Å². The molecule has 0 saturated carbocycles. The minimum Gasteiger partial charge on any atom is -0.463 e. The molecule has 0 heterocycles. The zero-order chi connectivity index (χ0) is 43.2. The summed E-state index contributed by atoms with van der Waals surface area (Å²) in [6.07, 6.45) is 59.9. The number of carbonyl (C=O) groups is 2. The molecule has 10 heteroatoms. The van der Waals surface area contributed by atoms with Crippen LogP contribution < -0.4 is 5.32 Å². The van der Waals surface area contributed by atoms with Gasteiger partial charge in [-0.15, -0.1) is 0 Å². The SMILES string of the molecule is CC/C=C\C/C=C\C/C=C\C/C=C\C/C=C\C/C=C\CCCCCCC(=O)NCCOP(=O)(O)OCC(O)COC(=O)CCCC/C=C\C/C=C\C/C=C\C/C=C\CC. The summed E-state index contributed by atoms with van der Waals surface area (Å²) in [6, 6.07) is 0. The molecular formula is C49H78NO8P. The van der Waals surface area contributed by atoms with Crippen LogP contribution in [0.2, 0.25) is 0 Å². The van der Waals surface area contributed by atoms with Crippen LogP contribution in [-0.4, -0.2) is 54.3 Å². The Hall–Kier alpha value is -3.59. The van der Waals surface area contributed by atoms with Gasteiger partial charge in [0.05, 0.1) is 13.2 Å². The first-order chi connectivity index (χ1) is 28.8. The van der Waals surface area contributed by atoms with Crippen molar-refractivity contribution in [3.63, 3.8) is 0 Å². The van der Waals surface area contributed by atoms with Crippen molar-refractivity contribution < 1.29 is 37.9 Å². The van der Waals surface area contributed by atoms with E-state index in [2.05, 4.69) is 141 Å². The molecule has 0 spiro atoms. The van der Waals surface area contributed by atoms with E-state index in [1.165, 1.54) is 0 Å². The Labute approximate surface area is 358 Å². The second-order valence-corrected chi connectivity index (χ2v) is 15.4. The zero-order valence-corrected chi connectivity index (χ0v) is 37.3. The van der Waals surface area contributed by atoms with E-state index in [1.807, 2.05) is 0 Å². The highest BCUT2D eigenvalue weighted by atomic mass is 31.2. The Bertz CT molecular complexity index is 1370. The Balaban J connectivity index is 3.74. The lowest BCUT2D eigenvalue weighted by atomic mass is 10.1. The lowest BCUT2D eigenvalue weighted by Gasteiger charge is -2.15. The quantitative estimate of drug-likeness (QED) is 0.0241. The van der Waals surface area contributed by atoms with Gasteiger partial charge in [-0.05, 0) is 103 Å². The molecule has 0 aliphatic carbocycles. The van der Waals surface area contributed by atoms with Crippen molar-refractivity contribution in [2.24, 2.45) is 0 Å². The first-order valence-corrected chi connectivity index (χ1v) is 23.5. The molecule has 0 saturated heterocycles. The van der Waals surface area contributed by atoms with Gasteiger partial charge in [0.15, 0.2) is 0 Å². The molecule has 0 fully saturated rings. The van der Waals surface area contributed by atoms with E-state index < -0.39 is 26.5 Å². The molecule has 0 radical (unpaired) electrons. The third-order valence-corrected chi connectivity index (χ3v) is 9.37. The number of phosphoric ester groups is 1. The van der Waals surface area contributed by atoms with E-state index in [1.54, 1.807) is 0 Å². The highest BCUT2D eigenvalue weighted by Crippen LogP contribution is 2.42. The standard InChI is InChI=1S/C49H78NO8P/c1-3-5-7-9-11-13-15-17-19-20-21-22-23-24-25-26-28-29-31-33-35-37-39-41-48(52)50-43-44-57-59(54,55)58-46-47(51)45-56-49(53)42-40-38-36-34-32-30-27-18-16-14-12-10-8-6-4-2/h5-8,11-14,17-19,21-22,24-25,27-29,32,34,47,51H,3-4,9-10,15-16,20,23,26,30-31,33,35-46H2,1-2H3,(H,50,52)(H,54,55)/b7-5-,8-6-,13-11-,14-12-,19-17-,22-21-,25-24-,27-18-,29-28-,34-32-. The largest absolute Gasteiger partial charge is 0.472 e. The number of allylic oxidation sites excluding steroid dienone is 20.